The second-order valence-corrected chi connectivity index (χ2v) is 6.73. The van der Waals surface area contributed by atoms with Crippen LogP contribution < -0.4 is 10.6 Å². The largest absolute Gasteiger partial charge is 0.451 e. The van der Waals surface area contributed by atoms with E-state index in [9.17, 15) is 9.59 Å². The Morgan fingerprint density at radius 3 is 2.96 bits per heavy atom. The molecule has 1 aliphatic rings. The van der Waals surface area contributed by atoms with Gasteiger partial charge >= 0.3 is 12.1 Å². The summed E-state index contributed by atoms with van der Waals surface area (Å²) in [6, 6.07) is 10.6. The Kier molecular flexibility index (Phi) is 4.45. The van der Waals surface area contributed by atoms with Crippen molar-refractivity contribution in [1.82, 2.24) is 15.1 Å². The number of hydrogen-bond acceptors (Lipinski definition) is 4. The minimum atomic E-state index is -0.590. The number of halogens is 1. The van der Waals surface area contributed by atoms with E-state index >= 15 is 0 Å². The maximum atomic E-state index is 12.5. The standard InChI is InChI=1S/C19H17ClN4O3/c1-27-19(26)24-17-4-2-3-15(14(17)10-21-24)22-18(25)23-16-8-5-11-9-12(20)6-7-13(11)16/h2-4,6-7,9-10,16H,5,8H2,1H3,(H2,22,23,25)/t16-/m1/s1. The van der Waals surface area contributed by atoms with Gasteiger partial charge in [0.1, 0.15) is 0 Å². The van der Waals surface area contributed by atoms with Crippen LogP contribution >= 0.6 is 11.6 Å². The number of benzene rings is 2. The first kappa shape index (κ1) is 17.4. The number of carbonyl (C=O) groups excluding carboxylic acids is 2. The summed E-state index contributed by atoms with van der Waals surface area (Å²) < 4.78 is 5.85. The van der Waals surface area contributed by atoms with E-state index in [1.807, 2.05) is 18.2 Å². The highest BCUT2D eigenvalue weighted by molar-refractivity contribution is 6.30. The van der Waals surface area contributed by atoms with E-state index in [0.29, 0.717) is 21.6 Å². The first-order valence-corrected chi connectivity index (χ1v) is 8.85. The Bertz CT molecular complexity index is 1050. The number of fused-ring (bicyclic) bond motifs is 2. The molecular formula is C19H17ClN4O3. The number of hydrogen-bond donors (Lipinski definition) is 2. The molecule has 2 amide bonds. The van der Waals surface area contributed by atoms with Crippen molar-refractivity contribution in [1.29, 1.82) is 0 Å². The van der Waals surface area contributed by atoms with Crippen LogP contribution in [0.15, 0.2) is 42.6 Å². The van der Waals surface area contributed by atoms with Crippen molar-refractivity contribution in [3.63, 3.8) is 0 Å². The molecule has 27 heavy (non-hydrogen) atoms. The van der Waals surface area contributed by atoms with Crippen molar-refractivity contribution in [3.8, 4) is 0 Å². The van der Waals surface area contributed by atoms with E-state index in [1.165, 1.54) is 13.3 Å². The minimum Gasteiger partial charge on any atom is -0.451 e. The maximum absolute atomic E-state index is 12.5. The van der Waals surface area contributed by atoms with Gasteiger partial charge in [-0.05, 0) is 48.2 Å². The molecule has 8 heteroatoms. The second kappa shape index (κ2) is 6.92. The first-order valence-electron chi connectivity index (χ1n) is 8.47. The Labute approximate surface area is 160 Å². The highest BCUT2D eigenvalue weighted by Crippen LogP contribution is 2.33. The van der Waals surface area contributed by atoms with Gasteiger partial charge in [0.25, 0.3) is 0 Å². The molecule has 0 aliphatic heterocycles. The van der Waals surface area contributed by atoms with Gasteiger partial charge in [0.2, 0.25) is 0 Å². The fraction of sp³-hybridized carbons (Fsp3) is 0.211. The van der Waals surface area contributed by atoms with Crippen LogP contribution in [0.25, 0.3) is 10.9 Å². The Hall–Kier alpha value is -3.06. The number of methoxy groups -OCH3 is 1. The molecule has 7 nitrogen and oxygen atoms in total. The second-order valence-electron chi connectivity index (χ2n) is 6.30. The lowest BCUT2D eigenvalue weighted by molar-refractivity contribution is 0.170. The monoisotopic (exact) mass is 384 g/mol. The molecule has 0 fully saturated rings. The zero-order valence-corrected chi connectivity index (χ0v) is 15.3. The summed E-state index contributed by atoms with van der Waals surface area (Å²) in [6.45, 7) is 0. The Morgan fingerprint density at radius 1 is 1.30 bits per heavy atom. The average Bonchev–Trinajstić information content (AvgIpc) is 3.26. The van der Waals surface area contributed by atoms with Crippen LogP contribution in [0.5, 0.6) is 0 Å². The zero-order valence-electron chi connectivity index (χ0n) is 14.5. The van der Waals surface area contributed by atoms with E-state index in [-0.39, 0.29) is 12.1 Å². The molecule has 1 heterocycles. The molecule has 0 saturated carbocycles. The molecule has 1 atom stereocenters. The van der Waals surface area contributed by atoms with E-state index in [0.717, 1.165) is 28.7 Å². The number of aryl methyl sites for hydroxylation is 1. The molecular weight excluding hydrogens is 368 g/mol. The predicted molar refractivity (Wildman–Crippen MR) is 102 cm³/mol. The van der Waals surface area contributed by atoms with E-state index < -0.39 is 6.09 Å². The number of urea groups is 1. The fourth-order valence-electron chi connectivity index (χ4n) is 3.44. The topological polar surface area (TPSA) is 85.2 Å². The van der Waals surface area contributed by atoms with Gasteiger partial charge in [-0.15, -0.1) is 0 Å². The van der Waals surface area contributed by atoms with Crippen molar-refractivity contribution < 1.29 is 14.3 Å². The van der Waals surface area contributed by atoms with Gasteiger partial charge in [0.05, 0.1) is 30.6 Å². The predicted octanol–water partition coefficient (Wildman–Crippen LogP) is 4.11. The molecule has 2 N–H and O–H groups in total. The zero-order chi connectivity index (χ0) is 19.0. The third-order valence-corrected chi connectivity index (χ3v) is 4.93. The summed E-state index contributed by atoms with van der Waals surface area (Å²) in [5.74, 6) is 0. The first-order chi connectivity index (χ1) is 13.1. The van der Waals surface area contributed by atoms with Crippen molar-refractivity contribution in [2.45, 2.75) is 18.9 Å². The summed E-state index contributed by atoms with van der Waals surface area (Å²) in [7, 11) is 1.29. The summed E-state index contributed by atoms with van der Waals surface area (Å²) >= 11 is 6.03. The van der Waals surface area contributed by atoms with E-state index in [4.69, 9.17) is 16.3 Å². The number of nitrogens with one attached hydrogen (secondary N) is 2. The average molecular weight is 385 g/mol. The summed E-state index contributed by atoms with van der Waals surface area (Å²) in [5.41, 5.74) is 3.37. The van der Waals surface area contributed by atoms with Crippen LogP contribution in [0.1, 0.15) is 23.6 Å². The summed E-state index contributed by atoms with van der Waals surface area (Å²) in [6.07, 6.45) is 2.64. The van der Waals surface area contributed by atoms with Gasteiger partial charge in [0.15, 0.2) is 0 Å². The molecule has 0 bridgehead atoms. The SMILES string of the molecule is COC(=O)n1ncc2c(NC(=O)N[C@@H]3CCc4cc(Cl)ccc43)cccc21. The van der Waals surface area contributed by atoms with Gasteiger partial charge < -0.3 is 15.4 Å². The number of nitrogens with zero attached hydrogens (tertiary/aromatic N) is 2. The van der Waals surface area contributed by atoms with Crippen LogP contribution in [0.2, 0.25) is 5.02 Å². The van der Waals surface area contributed by atoms with Crippen LogP contribution in [0.3, 0.4) is 0 Å². The molecule has 0 radical (unpaired) electrons. The maximum Gasteiger partial charge on any atom is 0.434 e. The molecule has 138 valence electrons. The molecule has 1 aromatic heterocycles. The number of aromatic nitrogens is 2. The summed E-state index contributed by atoms with van der Waals surface area (Å²) in [4.78, 5) is 24.3. The van der Waals surface area contributed by atoms with Crippen molar-refractivity contribution >= 4 is 40.3 Å². The molecule has 2 aromatic carbocycles. The van der Waals surface area contributed by atoms with Gasteiger partial charge in [0, 0.05) is 10.4 Å². The lowest BCUT2D eigenvalue weighted by Gasteiger charge is -2.15. The number of carbonyl (C=O) groups is 2. The smallest absolute Gasteiger partial charge is 0.434 e. The van der Waals surface area contributed by atoms with Crippen molar-refractivity contribution in [3.05, 3.63) is 58.7 Å². The number of rotatable bonds is 2. The van der Waals surface area contributed by atoms with Crippen LogP contribution in [-0.4, -0.2) is 29.0 Å². The van der Waals surface area contributed by atoms with Gasteiger partial charge in [-0.2, -0.15) is 9.78 Å². The third-order valence-electron chi connectivity index (χ3n) is 4.70. The molecule has 0 spiro atoms. The van der Waals surface area contributed by atoms with Crippen molar-refractivity contribution in [2.75, 3.05) is 12.4 Å². The number of amides is 2. The number of anilines is 1. The number of ether oxygens (including phenoxy) is 1. The molecule has 1 aliphatic carbocycles. The van der Waals surface area contributed by atoms with E-state index in [1.54, 1.807) is 18.2 Å². The van der Waals surface area contributed by atoms with Crippen LogP contribution in [-0.2, 0) is 11.2 Å². The molecule has 4 rings (SSSR count). The molecule has 0 saturated heterocycles. The fourth-order valence-corrected chi connectivity index (χ4v) is 3.64. The highest BCUT2D eigenvalue weighted by atomic mass is 35.5. The highest BCUT2D eigenvalue weighted by Gasteiger charge is 2.24. The molecule has 0 unspecified atom stereocenters. The van der Waals surface area contributed by atoms with Gasteiger partial charge in [-0.25, -0.2) is 9.59 Å². The molecule has 3 aromatic rings. The van der Waals surface area contributed by atoms with Crippen molar-refractivity contribution in [2.24, 2.45) is 0 Å². The van der Waals surface area contributed by atoms with Crippen LogP contribution in [0.4, 0.5) is 15.3 Å². The Morgan fingerprint density at radius 2 is 2.15 bits per heavy atom. The Balaban J connectivity index is 1.53. The summed E-state index contributed by atoms with van der Waals surface area (Å²) in [5, 5.41) is 11.2. The third kappa shape index (κ3) is 3.21. The lowest BCUT2D eigenvalue weighted by atomic mass is 10.1. The normalized spacial score (nSPS) is 15.4. The van der Waals surface area contributed by atoms with E-state index in [2.05, 4.69) is 15.7 Å². The van der Waals surface area contributed by atoms with Gasteiger partial charge in [-0.3, -0.25) is 0 Å². The van der Waals surface area contributed by atoms with Gasteiger partial charge in [-0.1, -0.05) is 23.7 Å². The minimum absolute atomic E-state index is 0.0609. The quantitative estimate of drug-likeness (QED) is 0.696. The van der Waals surface area contributed by atoms with Crippen LogP contribution in [0, 0.1) is 0 Å². The lowest BCUT2D eigenvalue weighted by Crippen LogP contribution is -2.31.